The van der Waals surface area contributed by atoms with Crippen LogP contribution in [-0.4, -0.2) is 9.55 Å². The van der Waals surface area contributed by atoms with Gasteiger partial charge in [0.1, 0.15) is 17.3 Å². The Morgan fingerprint density at radius 2 is 2.00 bits per heavy atom. The minimum absolute atomic E-state index is 0.720. The summed E-state index contributed by atoms with van der Waals surface area (Å²) in [4.78, 5) is 4.46. The number of imidazole rings is 1. The number of hydrogen-bond acceptors (Lipinski definition) is 2. The average Bonchev–Trinajstić information content (AvgIpc) is 2.46. The van der Waals surface area contributed by atoms with Crippen molar-refractivity contribution in [2.24, 2.45) is 7.05 Å². The van der Waals surface area contributed by atoms with Crippen molar-refractivity contribution in [3.8, 4) is 11.3 Å². The summed E-state index contributed by atoms with van der Waals surface area (Å²) >= 11 is 0. The van der Waals surface area contributed by atoms with E-state index in [-0.39, 0.29) is 0 Å². The first-order valence-corrected chi connectivity index (χ1v) is 4.95. The van der Waals surface area contributed by atoms with Crippen LogP contribution in [0.2, 0.25) is 0 Å². The molecule has 3 heteroatoms. The lowest BCUT2D eigenvalue weighted by Crippen LogP contribution is -1.98. The van der Waals surface area contributed by atoms with Gasteiger partial charge in [0.15, 0.2) is 0 Å². The van der Waals surface area contributed by atoms with Crippen LogP contribution in [0.4, 0.5) is 5.82 Å². The molecular formula is C12H15N3. The molecule has 2 aromatic rings. The van der Waals surface area contributed by atoms with Gasteiger partial charge in [-0.25, -0.2) is 4.98 Å². The van der Waals surface area contributed by atoms with Crippen molar-refractivity contribution in [3.63, 3.8) is 0 Å². The highest BCUT2D eigenvalue weighted by Crippen LogP contribution is 2.25. The Balaban J connectivity index is 2.59. The molecular weight excluding hydrogens is 186 g/mol. The Labute approximate surface area is 89.6 Å². The fraction of sp³-hybridized carbons (Fsp3) is 0.250. The van der Waals surface area contributed by atoms with E-state index in [9.17, 15) is 0 Å². The number of hydrogen-bond donors (Lipinski definition) is 1. The van der Waals surface area contributed by atoms with Crippen molar-refractivity contribution in [2.45, 2.75) is 13.8 Å². The lowest BCUT2D eigenvalue weighted by atomic mass is 10.1. The van der Waals surface area contributed by atoms with Crippen LogP contribution in [0.5, 0.6) is 0 Å². The molecule has 1 aromatic heterocycles. The lowest BCUT2D eigenvalue weighted by molar-refractivity contribution is 0.868. The molecule has 0 fully saturated rings. The molecule has 0 unspecified atom stereocenters. The molecule has 0 aliphatic heterocycles. The van der Waals surface area contributed by atoms with Gasteiger partial charge in [0.25, 0.3) is 0 Å². The number of benzene rings is 1. The number of rotatable bonds is 1. The van der Waals surface area contributed by atoms with Crippen molar-refractivity contribution in [2.75, 3.05) is 5.73 Å². The van der Waals surface area contributed by atoms with Crippen LogP contribution >= 0.6 is 0 Å². The molecule has 0 spiro atoms. The molecule has 78 valence electrons. The van der Waals surface area contributed by atoms with Crippen molar-refractivity contribution in [3.05, 3.63) is 35.7 Å². The van der Waals surface area contributed by atoms with Gasteiger partial charge < -0.3 is 10.3 Å². The smallest absolute Gasteiger partial charge is 0.131 e. The molecule has 0 radical (unpaired) electrons. The van der Waals surface area contributed by atoms with Crippen LogP contribution in [0.1, 0.15) is 11.4 Å². The molecule has 2 rings (SSSR count). The fourth-order valence-electron chi connectivity index (χ4n) is 1.63. The molecule has 1 heterocycles. The van der Waals surface area contributed by atoms with Gasteiger partial charge in [-0.3, -0.25) is 0 Å². The largest absolute Gasteiger partial charge is 0.383 e. The molecule has 0 saturated carbocycles. The Bertz CT molecular complexity index is 498. The Morgan fingerprint density at radius 3 is 2.53 bits per heavy atom. The van der Waals surface area contributed by atoms with Crippen molar-refractivity contribution < 1.29 is 0 Å². The predicted molar refractivity (Wildman–Crippen MR) is 62.5 cm³/mol. The molecule has 0 aliphatic carbocycles. The van der Waals surface area contributed by atoms with Crippen LogP contribution < -0.4 is 5.73 Å². The van der Waals surface area contributed by atoms with Gasteiger partial charge >= 0.3 is 0 Å². The maximum Gasteiger partial charge on any atom is 0.131 e. The average molecular weight is 201 g/mol. The van der Waals surface area contributed by atoms with E-state index < -0.39 is 0 Å². The zero-order valence-electron chi connectivity index (χ0n) is 9.28. The van der Waals surface area contributed by atoms with E-state index in [1.807, 2.05) is 30.7 Å². The van der Waals surface area contributed by atoms with Gasteiger partial charge in [0.05, 0.1) is 0 Å². The van der Waals surface area contributed by atoms with Crippen LogP contribution in [-0.2, 0) is 7.05 Å². The maximum absolute atomic E-state index is 5.99. The van der Waals surface area contributed by atoms with E-state index in [2.05, 4.69) is 24.0 Å². The third-order valence-electron chi connectivity index (χ3n) is 2.65. The van der Waals surface area contributed by atoms with Crippen LogP contribution in [0.3, 0.4) is 0 Å². The summed E-state index contributed by atoms with van der Waals surface area (Å²) in [5, 5.41) is 0. The monoisotopic (exact) mass is 201 g/mol. The molecule has 15 heavy (non-hydrogen) atoms. The zero-order chi connectivity index (χ0) is 11.0. The van der Waals surface area contributed by atoms with E-state index in [0.29, 0.717) is 0 Å². The first-order chi connectivity index (χ1) is 7.09. The number of nitrogen functional groups attached to an aromatic ring is 1. The molecule has 2 N–H and O–H groups in total. The third kappa shape index (κ3) is 1.61. The number of anilines is 1. The first kappa shape index (κ1) is 9.77. The SMILES string of the molecule is Cc1cccc(-c2nc(C)n(C)c2N)c1. The van der Waals surface area contributed by atoms with E-state index in [1.54, 1.807) is 0 Å². The second-order valence-corrected chi connectivity index (χ2v) is 3.82. The maximum atomic E-state index is 5.99. The summed E-state index contributed by atoms with van der Waals surface area (Å²) < 4.78 is 1.90. The van der Waals surface area contributed by atoms with Gasteiger partial charge in [-0.05, 0) is 19.9 Å². The summed E-state index contributed by atoms with van der Waals surface area (Å²) in [6, 6.07) is 8.22. The van der Waals surface area contributed by atoms with Gasteiger partial charge in [0, 0.05) is 12.6 Å². The van der Waals surface area contributed by atoms with E-state index in [4.69, 9.17) is 5.73 Å². The third-order valence-corrected chi connectivity index (χ3v) is 2.65. The molecule has 0 amide bonds. The topological polar surface area (TPSA) is 43.8 Å². The standard InChI is InChI=1S/C12H15N3/c1-8-5-4-6-10(7-8)11-12(13)15(3)9(2)14-11/h4-7H,13H2,1-3H3. The quantitative estimate of drug-likeness (QED) is 0.769. The van der Waals surface area contributed by atoms with Gasteiger partial charge in [-0.15, -0.1) is 0 Å². The van der Waals surface area contributed by atoms with Gasteiger partial charge in [-0.2, -0.15) is 0 Å². The number of aromatic nitrogens is 2. The zero-order valence-corrected chi connectivity index (χ0v) is 9.28. The summed E-state index contributed by atoms with van der Waals surface area (Å²) in [6.07, 6.45) is 0. The van der Waals surface area contributed by atoms with Crippen molar-refractivity contribution in [1.82, 2.24) is 9.55 Å². The molecule has 0 atom stereocenters. The number of aryl methyl sites for hydroxylation is 2. The Morgan fingerprint density at radius 1 is 1.27 bits per heavy atom. The van der Waals surface area contributed by atoms with Crippen LogP contribution in [0.25, 0.3) is 11.3 Å². The number of nitrogens with two attached hydrogens (primary N) is 1. The molecule has 3 nitrogen and oxygen atoms in total. The highest BCUT2D eigenvalue weighted by molar-refractivity contribution is 5.71. The summed E-state index contributed by atoms with van der Waals surface area (Å²) in [6.45, 7) is 4.02. The van der Waals surface area contributed by atoms with Gasteiger partial charge in [0.2, 0.25) is 0 Å². The van der Waals surface area contributed by atoms with Crippen molar-refractivity contribution in [1.29, 1.82) is 0 Å². The second kappa shape index (κ2) is 3.42. The minimum Gasteiger partial charge on any atom is -0.383 e. The number of nitrogens with zero attached hydrogens (tertiary/aromatic N) is 2. The van der Waals surface area contributed by atoms with E-state index in [1.165, 1.54) is 5.56 Å². The molecule has 0 bridgehead atoms. The Kier molecular flexibility index (Phi) is 2.23. The van der Waals surface area contributed by atoms with Crippen LogP contribution in [0, 0.1) is 13.8 Å². The molecule has 0 saturated heterocycles. The normalized spacial score (nSPS) is 10.6. The fourth-order valence-corrected chi connectivity index (χ4v) is 1.63. The second-order valence-electron chi connectivity index (χ2n) is 3.82. The highest BCUT2D eigenvalue weighted by atomic mass is 15.1. The van der Waals surface area contributed by atoms with E-state index in [0.717, 1.165) is 22.9 Å². The van der Waals surface area contributed by atoms with Crippen molar-refractivity contribution >= 4 is 5.82 Å². The Hall–Kier alpha value is -1.77. The molecule has 0 aliphatic rings. The van der Waals surface area contributed by atoms with E-state index >= 15 is 0 Å². The predicted octanol–water partition coefficient (Wildman–Crippen LogP) is 2.29. The minimum atomic E-state index is 0.720. The summed E-state index contributed by atoms with van der Waals surface area (Å²) in [5.41, 5.74) is 9.16. The summed E-state index contributed by atoms with van der Waals surface area (Å²) in [5.74, 6) is 1.65. The molecule has 1 aromatic carbocycles. The lowest BCUT2D eigenvalue weighted by Gasteiger charge is -2.01. The van der Waals surface area contributed by atoms with Gasteiger partial charge in [-0.1, -0.05) is 23.8 Å². The summed E-state index contributed by atoms with van der Waals surface area (Å²) in [7, 11) is 1.93. The van der Waals surface area contributed by atoms with Crippen LogP contribution in [0.15, 0.2) is 24.3 Å². The highest BCUT2D eigenvalue weighted by Gasteiger charge is 2.10. The first-order valence-electron chi connectivity index (χ1n) is 4.95.